The molecule has 0 aliphatic rings. The van der Waals surface area contributed by atoms with Crippen LogP contribution in [-0.4, -0.2) is 37.5 Å². The number of benzene rings is 1. The molecule has 5 nitrogen and oxygen atoms in total. The molecule has 3 N–H and O–H groups in total. The first-order valence-electron chi connectivity index (χ1n) is 5.36. The molecule has 0 heterocycles. The molecule has 102 valence electrons. The number of aliphatic hydroxyl groups excluding tert-OH is 1. The van der Waals surface area contributed by atoms with Crippen molar-refractivity contribution in [1.29, 1.82) is 0 Å². The highest BCUT2D eigenvalue weighted by Crippen LogP contribution is 2.27. The number of hydrogen-bond donors (Lipinski definition) is 2. The third kappa shape index (κ3) is 3.14. The van der Waals surface area contributed by atoms with Crippen molar-refractivity contribution < 1.29 is 13.5 Å². The summed E-state index contributed by atoms with van der Waals surface area (Å²) < 4.78 is 25.4. The Bertz CT molecular complexity index is 520. The van der Waals surface area contributed by atoms with Crippen LogP contribution in [0.15, 0.2) is 17.0 Å². The fourth-order valence-electron chi connectivity index (χ4n) is 1.47. The molecule has 1 aromatic rings. The topological polar surface area (TPSA) is 83.6 Å². The molecule has 0 saturated carbocycles. The molecule has 1 unspecified atom stereocenters. The Morgan fingerprint density at radius 3 is 2.50 bits per heavy atom. The van der Waals surface area contributed by atoms with Crippen LogP contribution in [0.5, 0.6) is 0 Å². The second-order valence-corrected chi connectivity index (χ2v) is 6.71. The maximum atomic E-state index is 12.2. The van der Waals surface area contributed by atoms with Crippen molar-refractivity contribution in [3.8, 4) is 0 Å². The minimum atomic E-state index is -3.69. The molecule has 1 aromatic carbocycles. The van der Waals surface area contributed by atoms with E-state index in [0.29, 0.717) is 16.3 Å². The second-order valence-electron chi connectivity index (χ2n) is 4.25. The molecule has 0 aliphatic carbocycles. The lowest BCUT2D eigenvalue weighted by atomic mass is 10.2. The predicted molar refractivity (Wildman–Crippen MR) is 72.1 cm³/mol. The van der Waals surface area contributed by atoms with E-state index in [1.165, 1.54) is 26.1 Å². The van der Waals surface area contributed by atoms with Crippen LogP contribution < -0.4 is 5.73 Å². The first-order chi connectivity index (χ1) is 8.16. The number of nitrogens with two attached hydrogens (primary N) is 1. The Morgan fingerprint density at radius 2 is 2.06 bits per heavy atom. The number of nitrogen functional groups attached to an aromatic ring is 1. The van der Waals surface area contributed by atoms with E-state index in [1.54, 1.807) is 6.92 Å². The fourth-order valence-corrected chi connectivity index (χ4v) is 3.08. The molecule has 0 aliphatic heterocycles. The number of sulfonamides is 1. The molecule has 18 heavy (non-hydrogen) atoms. The van der Waals surface area contributed by atoms with E-state index in [9.17, 15) is 13.5 Å². The summed E-state index contributed by atoms with van der Waals surface area (Å²) in [5.41, 5.74) is 6.68. The van der Waals surface area contributed by atoms with Crippen molar-refractivity contribution in [2.75, 3.05) is 19.3 Å². The van der Waals surface area contributed by atoms with E-state index in [1.807, 2.05) is 0 Å². The van der Waals surface area contributed by atoms with E-state index in [2.05, 4.69) is 0 Å². The number of aliphatic hydroxyl groups is 1. The molecule has 0 bridgehead atoms. The SMILES string of the molecule is Cc1c(N)cc(S(=O)(=O)N(C)CC(C)O)cc1Cl. The van der Waals surface area contributed by atoms with Gasteiger partial charge in [-0.3, -0.25) is 0 Å². The van der Waals surface area contributed by atoms with Crippen LogP contribution in [0.25, 0.3) is 0 Å². The van der Waals surface area contributed by atoms with Gasteiger partial charge in [-0.1, -0.05) is 11.6 Å². The monoisotopic (exact) mass is 292 g/mol. The summed E-state index contributed by atoms with van der Waals surface area (Å²) >= 11 is 5.92. The second kappa shape index (κ2) is 5.44. The third-order valence-corrected chi connectivity index (χ3v) is 4.78. The van der Waals surface area contributed by atoms with Crippen molar-refractivity contribution in [1.82, 2.24) is 4.31 Å². The van der Waals surface area contributed by atoms with Crippen LogP contribution in [0.1, 0.15) is 12.5 Å². The lowest BCUT2D eigenvalue weighted by molar-refractivity contribution is 0.171. The highest BCUT2D eigenvalue weighted by atomic mass is 35.5. The van der Waals surface area contributed by atoms with Gasteiger partial charge in [-0.25, -0.2) is 8.42 Å². The smallest absolute Gasteiger partial charge is 0.243 e. The van der Waals surface area contributed by atoms with Crippen LogP contribution in [0.4, 0.5) is 5.69 Å². The number of rotatable bonds is 4. The van der Waals surface area contributed by atoms with Crippen molar-refractivity contribution in [2.24, 2.45) is 0 Å². The average molecular weight is 293 g/mol. The molecular weight excluding hydrogens is 276 g/mol. The zero-order valence-electron chi connectivity index (χ0n) is 10.5. The third-order valence-electron chi connectivity index (χ3n) is 2.59. The van der Waals surface area contributed by atoms with Crippen molar-refractivity contribution >= 4 is 27.3 Å². The first-order valence-corrected chi connectivity index (χ1v) is 7.18. The molecule has 7 heteroatoms. The molecule has 0 radical (unpaired) electrons. The van der Waals surface area contributed by atoms with Gasteiger partial charge in [0.1, 0.15) is 0 Å². The fraction of sp³-hybridized carbons (Fsp3) is 0.455. The maximum Gasteiger partial charge on any atom is 0.243 e. The highest BCUT2D eigenvalue weighted by molar-refractivity contribution is 7.89. The molecule has 0 spiro atoms. The minimum absolute atomic E-state index is 0.00767. The zero-order chi connectivity index (χ0) is 14.1. The summed E-state index contributed by atoms with van der Waals surface area (Å²) in [6, 6.07) is 2.73. The van der Waals surface area contributed by atoms with Gasteiger partial charge in [0.2, 0.25) is 10.0 Å². The Balaban J connectivity index is 3.21. The minimum Gasteiger partial charge on any atom is -0.398 e. The van der Waals surface area contributed by atoms with E-state index in [4.69, 9.17) is 17.3 Å². The molecule has 1 atom stereocenters. The van der Waals surface area contributed by atoms with E-state index in [0.717, 1.165) is 4.31 Å². The lowest BCUT2D eigenvalue weighted by Crippen LogP contribution is -2.33. The van der Waals surface area contributed by atoms with E-state index < -0.39 is 16.1 Å². The van der Waals surface area contributed by atoms with Crippen molar-refractivity contribution in [2.45, 2.75) is 24.8 Å². The molecule has 0 amide bonds. The Morgan fingerprint density at radius 1 is 1.50 bits per heavy atom. The summed E-state index contributed by atoms with van der Waals surface area (Å²) in [7, 11) is -2.29. The van der Waals surface area contributed by atoms with Gasteiger partial charge in [0.05, 0.1) is 11.0 Å². The van der Waals surface area contributed by atoms with E-state index in [-0.39, 0.29) is 11.4 Å². The van der Waals surface area contributed by atoms with Gasteiger partial charge < -0.3 is 10.8 Å². The van der Waals surface area contributed by atoms with Crippen molar-refractivity contribution in [3.63, 3.8) is 0 Å². The quantitative estimate of drug-likeness (QED) is 0.818. The summed E-state index contributed by atoms with van der Waals surface area (Å²) in [6.07, 6.45) is -0.747. The lowest BCUT2D eigenvalue weighted by Gasteiger charge is -2.19. The summed E-state index contributed by atoms with van der Waals surface area (Å²) in [6.45, 7) is 3.24. The normalized spacial score (nSPS) is 13.9. The van der Waals surface area contributed by atoms with Crippen LogP contribution >= 0.6 is 11.6 Å². The molecule has 0 fully saturated rings. The number of nitrogens with zero attached hydrogens (tertiary/aromatic N) is 1. The standard InChI is InChI=1S/C11H17ClN2O3S/c1-7(15)6-14(3)18(16,17)9-4-10(12)8(2)11(13)5-9/h4-5,7,15H,6,13H2,1-3H3. The number of halogens is 1. The zero-order valence-corrected chi connectivity index (χ0v) is 12.1. The predicted octanol–water partition coefficient (Wildman–Crippen LogP) is 1.23. The largest absolute Gasteiger partial charge is 0.398 e. The van der Waals surface area contributed by atoms with Crippen LogP contribution in [0, 0.1) is 6.92 Å². The number of hydrogen-bond acceptors (Lipinski definition) is 4. The number of likely N-dealkylation sites (N-methyl/N-ethyl adjacent to an activating group) is 1. The first kappa shape index (κ1) is 15.2. The van der Waals surface area contributed by atoms with Gasteiger partial charge >= 0.3 is 0 Å². The van der Waals surface area contributed by atoms with Gasteiger partial charge in [-0.2, -0.15) is 4.31 Å². The maximum absolute atomic E-state index is 12.2. The highest BCUT2D eigenvalue weighted by Gasteiger charge is 2.23. The van der Waals surface area contributed by atoms with Crippen LogP contribution in [0.3, 0.4) is 0 Å². The summed E-state index contributed by atoms with van der Waals surface area (Å²) in [5.74, 6) is 0. The van der Waals surface area contributed by atoms with E-state index >= 15 is 0 Å². The van der Waals surface area contributed by atoms with Crippen molar-refractivity contribution in [3.05, 3.63) is 22.7 Å². The summed E-state index contributed by atoms with van der Waals surface area (Å²) in [4.78, 5) is 0.0266. The Labute approximate surface area is 112 Å². The molecule has 0 aromatic heterocycles. The average Bonchev–Trinajstić information content (AvgIpc) is 2.24. The van der Waals surface area contributed by atoms with Gasteiger partial charge in [0, 0.05) is 24.3 Å². The molecular formula is C11H17ClN2O3S. The number of anilines is 1. The van der Waals surface area contributed by atoms with Gasteiger partial charge in [0.15, 0.2) is 0 Å². The van der Waals surface area contributed by atoms with Gasteiger partial charge in [-0.05, 0) is 31.5 Å². The van der Waals surface area contributed by atoms with Crippen LogP contribution in [0.2, 0.25) is 5.02 Å². The molecule has 0 saturated heterocycles. The van der Waals surface area contributed by atoms with Gasteiger partial charge in [0.25, 0.3) is 0 Å². The summed E-state index contributed by atoms with van der Waals surface area (Å²) in [5, 5.41) is 9.53. The molecule has 1 rings (SSSR count). The van der Waals surface area contributed by atoms with Crippen LogP contribution in [-0.2, 0) is 10.0 Å². The van der Waals surface area contributed by atoms with Gasteiger partial charge in [-0.15, -0.1) is 0 Å². The Kier molecular flexibility index (Phi) is 4.61. The Hall–Kier alpha value is -0.820.